The van der Waals surface area contributed by atoms with Gasteiger partial charge in [-0.05, 0) is 25.7 Å². The molecule has 16 heavy (non-hydrogen) atoms. The van der Waals surface area contributed by atoms with Crippen molar-refractivity contribution in [1.82, 2.24) is 4.98 Å². The molecule has 1 aliphatic rings. The molecule has 90 valence electrons. The fourth-order valence-corrected chi connectivity index (χ4v) is 3.36. The van der Waals surface area contributed by atoms with E-state index in [1.54, 1.807) is 7.11 Å². The number of aryl methyl sites for hydroxylation is 1. The van der Waals surface area contributed by atoms with Crippen molar-refractivity contribution in [2.75, 3.05) is 25.6 Å². The lowest BCUT2D eigenvalue weighted by Crippen LogP contribution is -2.09. The first-order valence-electron chi connectivity index (χ1n) is 6.07. The van der Waals surface area contributed by atoms with Gasteiger partial charge < -0.3 is 10.1 Å². The second kappa shape index (κ2) is 5.64. The number of hydrogen-bond donors (Lipinski definition) is 1. The molecular weight excluding hydrogens is 220 g/mol. The van der Waals surface area contributed by atoms with Crippen molar-refractivity contribution in [3.63, 3.8) is 0 Å². The molecule has 3 nitrogen and oxygen atoms in total. The van der Waals surface area contributed by atoms with E-state index in [-0.39, 0.29) is 0 Å². The lowest BCUT2D eigenvalue weighted by atomic mass is 9.89. The molecule has 4 heteroatoms. The molecule has 0 amide bonds. The van der Waals surface area contributed by atoms with Crippen molar-refractivity contribution in [1.29, 1.82) is 0 Å². The fourth-order valence-electron chi connectivity index (χ4n) is 2.24. The van der Waals surface area contributed by atoms with E-state index in [9.17, 15) is 0 Å². The molecule has 1 aromatic rings. The van der Waals surface area contributed by atoms with Gasteiger partial charge in [-0.15, -0.1) is 11.3 Å². The fraction of sp³-hybridized carbons (Fsp3) is 0.750. The molecule has 1 heterocycles. The lowest BCUT2D eigenvalue weighted by molar-refractivity contribution is 0.211. The Labute approximate surface area is 101 Å². The van der Waals surface area contributed by atoms with Gasteiger partial charge in [0.25, 0.3) is 0 Å². The highest BCUT2D eigenvalue weighted by molar-refractivity contribution is 7.15. The third-order valence-electron chi connectivity index (χ3n) is 3.15. The van der Waals surface area contributed by atoms with E-state index >= 15 is 0 Å². The van der Waals surface area contributed by atoms with Gasteiger partial charge in [-0.3, -0.25) is 0 Å². The third kappa shape index (κ3) is 2.55. The normalized spacial score (nSPS) is 19.5. The highest BCUT2D eigenvalue weighted by Gasteiger charge is 2.23. The predicted octanol–water partition coefficient (Wildman–Crippen LogP) is 3.03. The molecule has 1 atom stereocenters. The van der Waals surface area contributed by atoms with Gasteiger partial charge in [0, 0.05) is 24.4 Å². The standard InChI is InChI=1S/C12H20N2OS/c1-3-9-5-4-6-10-11(9)14-12(16-10)13-7-8-15-2/h9H,3-8H2,1-2H3,(H,13,14). The minimum absolute atomic E-state index is 0.693. The second-order valence-corrected chi connectivity index (χ2v) is 5.33. The molecule has 0 radical (unpaired) electrons. The largest absolute Gasteiger partial charge is 0.383 e. The maximum Gasteiger partial charge on any atom is 0.183 e. The molecule has 1 N–H and O–H groups in total. The van der Waals surface area contributed by atoms with Crippen LogP contribution in [0.2, 0.25) is 0 Å². The molecule has 1 aromatic heterocycles. The number of methoxy groups -OCH3 is 1. The predicted molar refractivity (Wildman–Crippen MR) is 68.4 cm³/mol. The average Bonchev–Trinajstić information content (AvgIpc) is 2.71. The second-order valence-electron chi connectivity index (χ2n) is 4.24. The summed E-state index contributed by atoms with van der Waals surface area (Å²) in [5.74, 6) is 0.693. The maximum atomic E-state index is 5.02. The Morgan fingerprint density at radius 2 is 2.44 bits per heavy atom. The van der Waals surface area contributed by atoms with Crippen LogP contribution in [0.4, 0.5) is 5.13 Å². The summed E-state index contributed by atoms with van der Waals surface area (Å²) in [6.45, 7) is 3.85. The van der Waals surface area contributed by atoms with Gasteiger partial charge in [-0.2, -0.15) is 0 Å². The Balaban J connectivity index is 2.03. The van der Waals surface area contributed by atoms with Crippen LogP contribution in [0.3, 0.4) is 0 Å². The van der Waals surface area contributed by atoms with Crippen LogP contribution < -0.4 is 5.32 Å². The monoisotopic (exact) mass is 240 g/mol. The summed E-state index contributed by atoms with van der Waals surface area (Å²) in [7, 11) is 1.72. The van der Waals surface area contributed by atoms with Gasteiger partial charge in [0.15, 0.2) is 5.13 Å². The summed E-state index contributed by atoms with van der Waals surface area (Å²) in [6, 6.07) is 0. The van der Waals surface area contributed by atoms with Crippen LogP contribution in [-0.2, 0) is 11.2 Å². The summed E-state index contributed by atoms with van der Waals surface area (Å²) in [4.78, 5) is 6.22. The molecule has 0 fully saturated rings. The Hall–Kier alpha value is -0.610. The lowest BCUT2D eigenvalue weighted by Gasteiger charge is -2.18. The number of thiazole rings is 1. The summed E-state index contributed by atoms with van der Waals surface area (Å²) < 4.78 is 5.02. The number of aromatic nitrogens is 1. The SMILES string of the molecule is CCC1CCCc2sc(NCCOC)nc21. The van der Waals surface area contributed by atoms with E-state index in [0.29, 0.717) is 5.92 Å². The minimum atomic E-state index is 0.693. The van der Waals surface area contributed by atoms with E-state index < -0.39 is 0 Å². The molecule has 1 unspecified atom stereocenters. The first kappa shape index (κ1) is 11.9. The van der Waals surface area contributed by atoms with Gasteiger partial charge >= 0.3 is 0 Å². The first-order valence-corrected chi connectivity index (χ1v) is 6.89. The zero-order valence-corrected chi connectivity index (χ0v) is 10.9. The van der Waals surface area contributed by atoms with Crippen LogP contribution >= 0.6 is 11.3 Å². The number of rotatable bonds is 5. The smallest absolute Gasteiger partial charge is 0.183 e. The Morgan fingerprint density at radius 1 is 1.56 bits per heavy atom. The zero-order valence-electron chi connectivity index (χ0n) is 10.1. The Kier molecular flexibility index (Phi) is 4.18. The van der Waals surface area contributed by atoms with Crippen molar-refractivity contribution in [3.8, 4) is 0 Å². The molecule has 0 aliphatic heterocycles. The molecule has 0 aromatic carbocycles. The summed E-state index contributed by atoms with van der Waals surface area (Å²) in [5, 5.41) is 4.40. The number of nitrogens with one attached hydrogen (secondary N) is 1. The van der Waals surface area contributed by atoms with Crippen molar-refractivity contribution in [3.05, 3.63) is 10.6 Å². The third-order valence-corrected chi connectivity index (χ3v) is 4.23. The van der Waals surface area contributed by atoms with Crippen LogP contribution in [0.5, 0.6) is 0 Å². The van der Waals surface area contributed by atoms with Crippen molar-refractivity contribution < 1.29 is 4.74 Å². The molecule has 1 aliphatic carbocycles. The quantitative estimate of drug-likeness (QED) is 0.803. The summed E-state index contributed by atoms with van der Waals surface area (Å²) in [6.07, 6.45) is 5.07. The number of ether oxygens (including phenoxy) is 1. The summed E-state index contributed by atoms with van der Waals surface area (Å²) in [5.41, 5.74) is 1.36. The van der Waals surface area contributed by atoms with Gasteiger partial charge in [-0.1, -0.05) is 6.92 Å². The zero-order chi connectivity index (χ0) is 11.4. The number of fused-ring (bicyclic) bond motifs is 1. The molecule has 0 spiro atoms. The van der Waals surface area contributed by atoms with Crippen LogP contribution in [-0.4, -0.2) is 25.2 Å². The van der Waals surface area contributed by atoms with Crippen LogP contribution in [0.15, 0.2) is 0 Å². The molecular formula is C12H20N2OS. The van der Waals surface area contributed by atoms with Crippen molar-refractivity contribution >= 4 is 16.5 Å². The topological polar surface area (TPSA) is 34.1 Å². The van der Waals surface area contributed by atoms with E-state index in [2.05, 4.69) is 12.2 Å². The van der Waals surface area contributed by atoms with E-state index in [4.69, 9.17) is 9.72 Å². The van der Waals surface area contributed by atoms with Gasteiger partial charge in [-0.25, -0.2) is 4.98 Å². The highest BCUT2D eigenvalue weighted by atomic mass is 32.1. The first-order chi connectivity index (χ1) is 7.85. The van der Waals surface area contributed by atoms with Gasteiger partial charge in [0.05, 0.1) is 12.3 Å². The minimum Gasteiger partial charge on any atom is -0.383 e. The van der Waals surface area contributed by atoms with E-state index in [1.165, 1.54) is 36.3 Å². The molecule has 0 saturated carbocycles. The van der Waals surface area contributed by atoms with Crippen molar-refractivity contribution in [2.24, 2.45) is 0 Å². The van der Waals surface area contributed by atoms with E-state index in [1.807, 2.05) is 11.3 Å². The van der Waals surface area contributed by atoms with Gasteiger partial charge in [0.1, 0.15) is 0 Å². The van der Waals surface area contributed by atoms with Crippen LogP contribution in [0.1, 0.15) is 42.7 Å². The molecule has 0 saturated heterocycles. The van der Waals surface area contributed by atoms with Crippen LogP contribution in [0, 0.1) is 0 Å². The van der Waals surface area contributed by atoms with Crippen LogP contribution in [0.25, 0.3) is 0 Å². The Morgan fingerprint density at radius 3 is 3.19 bits per heavy atom. The maximum absolute atomic E-state index is 5.02. The number of anilines is 1. The molecule has 0 bridgehead atoms. The van der Waals surface area contributed by atoms with Crippen molar-refractivity contribution in [2.45, 2.75) is 38.5 Å². The Bertz CT molecular complexity index is 338. The number of nitrogens with zero attached hydrogens (tertiary/aromatic N) is 1. The highest BCUT2D eigenvalue weighted by Crippen LogP contribution is 2.37. The van der Waals surface area contributed by atoms with E-state index in [0.717, 1.165) is 18.3 Å². The molecule has 2 rings (SSSR count). The van der Waals surface area contributed by atoms with Gasteiger partial charge in [0.2, 0.25) is 0 Å². The average molecular weight is 240 g/mol. The number of hydrogen-bond acceptors (Lipinski definition) is 4. The summed E-state index contributed by atoms with van der Waals surface area (Å²) >= 11 is 1.83.